The van der Waals surface area contributed by atoms with Crippen LogP contribution >= 0.6 is 11.3 Å². The molecule has 0 aliphatic rings. The van der Waals surface area contributed by atoms with E-state index in [1.807, 2.05) is 25.9 Å². The van der Waals surface area contributed by atoms with Crippen molar-refractivity contribution < 1.29 is 8.42 Å². The van der Waals surface area contributed by atoms with Crippen LogP contribution in [-0.4, -0.2) is 50.2 Å². The maximum absolute atomic E-state index is 11.8. The highest BCUT2D eigenvalue weighted by molar-refractivity contribution is 7.91. The molecule has 0 bridgehead atoms. The number of hydrogen-bond donors (Lipinski definition) is 2. The summed E-state index contributed by atoms with van der Waals surface area (Å²) in [6, 6.07) is -0.160. The lowest BCUT2D eigenvalue weighted by atomic mass is 10.2. The van der Waals surface area contributed by atoms with Crippen molar-refractivity contribution in [3.63, 3.8) is 0 Å². The zero-order valence-corrected chi connectivity index (χ0v) is 11.7. The number of sulfonamides is 1. The van der Waals surface area contributed by atoms with E-state index in [0.29, 0.717) is 0 Å². The van der Waals surface area contributed by atoms with Gasteiger partial charge in [0.1, 0.15) is 0 Å². The van der Waals surface area contributed by atoms with E-state index in [-0.39, 0.29) is 15.5 Å². The molecule has 0 amide bonds. The fourth-order valence-corrected chi connectivity index (χ4v) is 3.23. The van der Waals surface area contributed by atoms with Crippen molar-refractivity contribution in [1.29, 1.82) is 0 Å². The lowest BCUT2D eigenvalue weighted by molar-refractivity contribution is 0.379. The van der Waals surface area contributed by atoms with Crippen molar-refractivity contribution in [2.24, 2.45) is 0 Å². The Bertz CT molecular complexity index is 456. The predicted molar refractivity (Wildman–Crippen MR) is 67.3 cm³/mol. The number of nitrogens with zero attached hydrogens (tertiary/aromatic N) is 3. The molecule has 0 aromatic carbocycles. The molecule has 0 radical (unpaired) electrons. The molecule has 0 aliphatic carbocycles. The van der Waals surface area contributed by atoms with E-state index in [1.165, 1.54) is 0 Å². The Balaban J connectivity index is 2.61. The second kappa shape index (κ2) is 5.71. The minimum absolute atomic E-state index is 0.0910. The Kier molecular flexibility index (Phi) is 4.80. The van der Waals surface area contributed by atoms with E-state index < -0.39 is 10.0 Å². The highest BCUT2D eigenvalue weighted by Crippen LogP contribution is 2.17. The first kappa shape index (κ1) is 14.3. The van der Waals surface area contributed by atoms with Crippen molar-refractivity contribution in [3.05, 3.63) is 0 Å². The number of rotatable bonds is 6. The normalized spacial score (nSPS) is 14.1. The molecule has 0 saturated carbocycles. The van der Waals surface area contributed by atoms with Crippen LogP contribution < -0.4 is 10.5 Å². The van der Waals surface area contributed by atoms with Crippen molar-refractivity contribution in [1.82, 2.24) is 19.8 Å². The molecule has 1 atom stereocenters. The highest BCUT2D eigenvalue weighted by Gasteiger charge is 2.21. The molecule has 0 spiro atoms. The first-order valence-corrected chi connectivity index (χ1v) is 7.37. The topological polar surface area (TPSA) is 101 Å². The van der Waals surface area contributed by atoms with Gasteiger partial charge in [-0.05, 0) is 34.0 Å². The summed E-state index contributed by atoms with van der Waals surface area (Å²) in [5, 5.41) is 7.15. The maximum atomic E-state index is 11.8. The third-order valence-electron chi connectivity index (χ3n) is 2.02. The van der Waals surface area contributed by atoms with E-state index >= 15 is 0 Å². The van der Waals surface area contributed by atoms with Gasteiger partial charge in [0.25, 0.3) is 10.0 Å². The molecule has 0 saturated heterocycles. The number of nitrogens with two attached hydrogens (primary N) is 1. The molecule has 1 heterocycles. The van der Waals surface area contributed by atoms with Gasteiger partial charge in [-0.2, -0.15) is 0 Å². The molecular formula is C8H17N5O2S2. The van der Waals surface area contributed by atoms with E-state index in [1.54, 1.807) is 0 Å². The molecule has 1 aromatic rings. The van der Waals surface area contributed by atoms with Gasteiger partial charge in [-0.25, -0.2) is 13.1 Å². The molecule has 98 valence electrons. The molecule has 1 aromatic heterocycles. The average molecular weight is 279 g/mol. The summed E-state index contributed by atoms with van der Waals surface area (Å²) in [7, 11) is 0.284. The fraction of sp³-hybridized carbons (Fsp3) is 0.750. The third kappa shape index (κ3) is 4.54. The summed E-state index contributed by atoms with van der Waals surface area (Å²) in [5.74, 6) is 0. The molecule has 17 heavy (non-hydrogen) atoms. The van der Waals surface area contributed by atoms with Gasteiger partial charge in [-0.1, -0.05) is 11.3 Å². The van der Waals surface area contributed by atoms with Crippen LogP contribution in [0.1, 0.15) is 13.3 Å². The van der Waals surface area contributed by atoms with E-state index in [2.05, 4.69) is 14.9 Å². The van der Waals surface area contributed by atoms with Gasteiger partial charge in [-0.15, -0.1) is 10.2 Å². The number of nitrogens with one attached hydrogen (secondary N) is 1. The average Bonchev–Trinajstić information content (AvgIpc) is 2.62. The van der Waals surface area contributed by atoms with Gasteiger partial charge in [0.05, 0.1) is 0 Å². The van der Waals surface area contributed by atoms with Crippen molar-refractivity contribution in [2.45, 2.75) is 23.7 Å². The number of anilines is 1. The molecule has 0 aliphatic heterocycles. The first-order valence-electron chi connectivity index (χ1n) is 5.07. The summed E-state index contributed by atoms with van der Waals surface area (Å²) in [4.78, 5) is 1.99. The molecular weight excluding hydrogens is 262 g/mol. The molecule has 7 nitrogen and oxygen atoms in total. The second-order valence-electron chi connectivity index (χ2n) is 4.02. The van der Waals surface area contributed by atoms with Crippen LogP contribution in [-0.2, 0) is 10.0 Å². The Labute approximate surface area is 105 Å². The Morgan fingerprint density at radius 3 is 2.59 bits per heavy atom. The Morgan fingerprint density at radius 2 is 2.12 bits per heavy atom. The third-order valence-corrected chi connectivity index (χ3v) is 4.73. The molecule has 1 unspecified atom stereocenters. The van der Waals surface area contributed by atoms with Crippen LogP contribution in [0, 0.1) is 0 Å². The summed E-state index contributed by atoms with van der Waals surface area (Å²) < 4.78 is 26.1. The number of nitrogen functional groups attached to an aromatic ring is 1. The van der Waals surface area contributed by atoms with Gasteiger partial charge in [0.15, 0.2) is 0 Å². The molecule has 9 heteroatoms. The van der Waals surface area contributed by atoms with Crippen molar-refractivity contribution >= 4 is 26.5 Å². The molecule has 1 rings (SSSR count). The zero-order chi connectivity index (χ0) is 13.1. The lowest BCUT2D eigenvalue weighted by Crippen LogP contribution is -2.34. The fourth-order valence-electron chi connectivity index (χ4n) is 1.16. The standard InChI is InChI=1S/C8H17N5O2S2/c1-6(4-5-13(2)3)12-17(14,15)8-11-10-7(9)16-8/h6,12H,4-5H2,1-3H3,(H2,9,10). The summed E-state index contributed by atoms with van der Waals surface area (Å²) in [6.45, 7) is 2.62. The zero-order valence-electron chi connectivity index (χ0n) is 10.0. The van der Waals surface area contributed by atoms with Crippen LogP contribution in [0.15, 0.2) is 4.34 Å². The molecule has 3 N–H and O–H groups in total. The van der Waals surface area contributed by atoms with Gasteiger partial charge in [-0.3, -0.25) is 0 Å². The minimum atomic E-state index is -3.59. The Morgan fingerprint density at radius 1 is 1.47 bits per heavy atom. The summed E-state index contributed by atoms with van der Waals surface area (Å²) >= 11 is 0.856. The lowest BCUT2D eigenvalue weighted by Gasteiger charge is -2.15. The van der Waals surface area contributed by atoms with E-state index in [0.717, 1.165) is 24.3 Å². The van der Waals surface area contributed by atoms with E-state index in [4.69, 9.17) is 5.73 Å². The molecule has 0 fully saturated rings. The van der Waals surface area contributed by atoms with E-state index in [9.17, 15) is 8.42 Å². The monoisotopic (exact) mass is 279 g/mol. The SMILES string of the molecule is CC(CCN(C)C)NS(=O)(=O)c1nnc(N)s1. The summed E-state index contributed by atoms with van der Waals surface area (Å²) in [6.07, 6.45) is 0.723. The maximum Gasteiger partial charge on any atom is 0.270 e. The van der Waals surface area contributed by atoms with Crippen LogP contribution in [0.25, 0.3) is 0 Å². The van der Waals surface area contributed by atoms with Crippen molar-refractivity contribution in [2.75, 3.05) is 26.4 Å². The predicted octanol–water partition coefficient (Wildman–Crippen LogP) is -0.261. The van der Waals surface area contributed by atoms with Gasteiger partial charge in [0.2, 0.25) is 9.47 Å². The van der Waals surface area contributed by atoms with Gasteiger partial charge >= 0.3 is 0 Å². The largest absolute Gasteiger partial charge is 0.374 e. The second-order valence-corrected chi connectivity index (χ2v) is 6.92. The first-order chi connectivity index (χ1) is 7.81. The number of aromatic nitrogens is 2. The summed E-state index contributed by atoms with van der Waals surface area (Å²) in [5.41, 5.74) is 5.35. The van der Waals surface area contributed by atoms with Crippen LogP contribution in [0.2, 0.25) is 0 Å². The number of hydrogen-bond acceptors (Lipinski definition) is 7. The smallest absolute Gasteiger partial charge is 0.270 e. The Hall–Kier alpha value is -0.770. The highest BCUT2D eigenvalue weighted by atomic mass is 32.2. The van der Waals surface area contributed by atoms with Crippen LogP contribution in [0.4, 0.5) is 5.13 Å². The van der Waals surface area contributed by atoms with Crippen LogP contribution in [0.3, 0.4) is 0 Å². The minimum Gasteiger partial charge on any atom is -0.374 e. The quantitative estimate of drug-likeness (QED) is 0.744. The van der Waals surface area contributed by atoms with Gasteiger partial charge < -0.3 is 10.6 Å². The van der Waals surface area contributed by atoms with Crippen molar-refractivity contribution in [3.8, 4) is 0 Å². The van der Waals surface area contributed by atoms with Gasteiger partial charge in [0, 0.05) is 6.04 Å². The van der Waals surface area contributed by atoms with Crippen LogP contribution in [0.5, 0.6) is 0 Å².